The lowest BCUT2D eigenvalue weighted by atomic mass is 9.94. The van der Waals surface area contributed by atoms with E-state index in [2.05, 4.69) is 15.0 Å². The molecule has 1 amide bonds. The summed E-state index contributed by atoms with van der Waals surface area (Å²) in [6.07, 6.45) is 0.499. The topological polar surface area (TPSA) is 79.1 Å². The molecular formula is C22H28N4O4. The van der Waals surface area contributed by atoms with Gasteiger partial charge in [-0.2, -0.15) is 0 Å². The second-order valence-electron chi connectivity index (χ2n) is 8.01. The average Bonchev–Trinajstić information content (AvgIpc) is 3.18. The van der Waals surface area contributed by atoms with Crippen molar-refractivity contribution in [3.8, 4) is 0 Å². The molecule has 1 aromatic heterocycles. The van der Waals surface area contributed by atoms with E-state index in [-0.39, 0.29) is 11.9 Å². The number of nitrogens with zero attached hydrogens (tertiary/aromatic N) is 4. The van der Waals surface area contributed by atoms with E-state index in [1.165, 1.54) is 7.11 Å². The molecule has 1 unspecified atom stereocenters. The molecule has 2 aromatic rings. The molecule has 8 heteroatoms. The summed E-state index contributed by atoms with van der Waals surface area (Å²) >= 11 is 0. The first-order chi connectivity index (χ1) is 14.5. The van der Waals surface area contributed by atoms with E-state index in [1.807, 2.05) is 37.3 Å². The summed E-state index contributed by atoms with van der Waals surface area (Å²) in [7, 11) is 1.38. The molecule has 0 aliphatic carbocycles. The molecule has 0 bridgehead atoms. The van der Waals surface area contributed by atoms with Crippen LogP contribution in [0.2, 0.25) is 0 Å². The van der Waals surface area contributed by atoms with E-state index in [9.17, 15) is 9.59 Å². The first kappa shape index (κ1) is 20.6. The number of esters is 1. The van der Waals surface area contributed by atoms with Gasteiger partial charge in [0.25, 0.3) is 0 Å². The Kier molecular flexibility index (Phi) is 6.15. The number of fused-ring (bicyclic) bond motifs is 1. The van der Waals surface area contributed by atoms with Crippen LogP contribution in [0.1, 0.15) is 22.6 Å². The van der Waals surface area contributed by atoms with Gasteiger partial charge in [-0.15, -0.1) is 0 Å². The normalized spacial score (nSPS) is 20.1. The summed E-state index contributed by atoms with van der Waals surface area (Å²) in [4.78, 5) is 31.6. The van der Waals surface area contributed by atoms with Crippen LogP contribution in [0.25, 0.3) is 0 Å². The predicted octanol–water partition coefficient (Wildman–Crippen LogP) is 1.23. The van der Waals surface area contributed by atoms with Crippen LogP contribution in [0.3, 0.4) is 0 Å². The lowest BCUT2D eigenvalue weighted by molar-refractivity contribution is -0.154. The SMILES string of the molecule is COC(=O)C1Cc2ccccc2CN1C(=O)CN1CCN(Cc2cc(C)on2)CC1. The van der Waals surface area contributed by atoms with Crippen molar-refractivity contribution in [1.29, 1.82) is 0 Å². The van der Waals surface area contributed by atoms with Crippen LogP contribution in [0.5, 0.6) is 0 Å². The van der Waals surface area contributed by atoms with Crippen LogP contribution in [-0.4, -0.2) is 77.6 Å². The van der Waals surface area contributed by atoms with Gasteiger partial charge in [-0.25, -0.2) is 4.79 Å². The summed E-state index contributed by atoms with van der Waals surface area (Å²) in [5.74, 6) is 0.434. The quantitative estimate of drug-likeness (QED) is 0.684. The average molecular weight is 412 g/mol. The van der Waals surface area contributed by atoms with Gasteiger partial charge < -0.3 is 14.2 Å². The Morgan fingerprint density at radius 2 is 1.83 bits per heavy atom. The van der Waals surface area contributed by atoms with Crippen molar-refractivity contribution in [2.24, 2.45) is 0 Å². The fraction of sp³-hybridized carbons (Fsp3) is 0.500. The number of methoxy groups -OCH3 is 1. The van der Waals surface area contributed by atoms with Crippen molar-refractivity contribution in [3.05, 3.63) is 52.9 Å². The zero-order valence-corrected chi connectivity index (χ0v) is 17.5. The number of aryl methyl sites for hydroxylation is 1. The second kappa shape index (κ2) is 8.97. The van der Waals surface area contributed by atoms with Crippen molar-refractivity contribution in [2.45, 2.75) is 32.5 Å². The zero-order valence-electron chi connectivity index (χ0n) is 17.5. The van der Waals surface area contributed by atoms with Gasteiger partial charge in [0.1, 0.15) is 11.8 Å². The van der Waals surface area contributed by atoms with Gasteiger partial charge in [-0.3, -0.25) is 14.6 Å². The molecule has 2 aliphatic rings. The van der Waals surface area contributed by atoms with Crippen molar-refractivity contribution >= 4 is 11.9 Å². The highest BCUT2D eigenvalue weighted by atomic mass is 16.5. The number of benzene rings is 1. The summed E-state index contributed by atoms with van der Waals surface area (Å²) in [5, 5.41) is 4.05. The number of aromatic nitrogens is 1. The highest BCUT2D eigenvalue weighted by Gasteiger charge is 2.36. The predicted molar refractivity (Wildman–Crippen MR) is 109 cm³/mol. The first-order valence-electron chi connectivity index (χ1n) is 10.3. The van der Waals surface area contributed by atoms with Gasteiger partial charge in [-0.05, 0) is 18.1 Å². The molecule has 0 N–H and O–H groups in total. The summed E-state index contributed by atoms with van der Waals surface area (Å²) in [6, 6.07) is 9.36. The van der Waals surface area contributed by atoms with Gasteiger partial charge in [0.05, 0.1) is 19.3 Å². The molecule has 30 heavy (non-hydrogen) atoms. The molecule has 8 nitrogen and oxygen atoms in total. The van der Waals surface area contributed by atoms with Crippen LogP contribution in [0.15, 0.2) is 34.9 Å². The number of carbonyl (C=O) groups is 2. The number of hydrogen-bond acceptors (Lipinski definition) is 7. The minimum Gasteiger partial charge on any atom is -0.467 e. The Hall–Kier alpha value is -2.71. The number of piperazine rings is 1. The third kappa shape index (κ3) is 4.55. The minimum atomic E-state index is -0.561. The number of carbonyl (C=O) groups excluding carboxylic acids is 2. The minimum absolute atomic E-state index is 0.0273. The number of amides is 1. The smallest absolute Gasteiger partial charge is 0.328 e. The van der Waals surface area contributed by atoms with Crippen molar-refractivity contribution in [3.63, 3.8) is 0 Å². The van der Waals surface area contributed by atoms with Crippen molar-refractivity contribution < 1.29 is 18.8 Å². The van der Waals surface area contributed by atoms with E-state index in [4.69, 9.17) is 9.26 Å². The number of ether oxygens (including phenoxy) is 1. The Morgan fingerprint density at radius 1 is 1.13 bits per heavy atom. The molecule has 160 valence electrons. The summed E-state index contributed by atoms with van der Waals surface area (Å²) in [5.41, 5.74) is 3.14. The maximum atomic E-state index is 13.1. The lowest BCUT2D eigenvalue weighted by Gasteiger charge is -2.38. The fourth-order valence-electron chi connectivity index (χ4n) is 4.24. The second-order valence-corrected chi connectivity index (χ2v) is 8.01. The Balaban J connectivity index is 1.35. The maximum Gasteiger partial charge on any atom is 0.328 e. The molecule has 0 radical (unpaired) electrons. The van der Waals surface area contributed by atoms with Crippen molar-refractivity contribution in [1.82, 2.24) is 19.9 Å². The van der Waals surface area contributed by atoms with Gasteiger partial charge in [0, 0.05) is 51.8 Å². The molecule has 4 rings (SSSR count). The molecular weight excluding hydrogens is 384 g/mol. The fourth-order valence-corrected chi connectivity index (χ4v) is 4.24. The first-order valence-corrected chi connectivity index (χ1v) is 10.3. The van der Waals surface area contributed by atoms with Crippen LogP contribution in [0, 0.1) is 6.92 Å². The molecule has 2 aliphatic heterocycles. The maximum absolute atomic E-state index is 13.1. The van der Waals surface area contributed by atoms with E-state index in [0.717, 1.165) is 55.3 Å². The molecule has 1 aromatic carbocycles. The Bertz CT molecular complexity index is 904. The monoisotopic (exact) mass is 412 g/mol. The largest absolute Gasteiger partial charge is 0.467 e. The highest BCUT2D eigenvalue weighted by Crippen LogP contribution is 2.24. The third-order valence-corrected chi connectivity index (χ3v) is 5.93. The van der Waals surface area contributed by atoms with Crippen molar-refractivity contribution in [2.75, 3.05) is 39.8 Å². The van der Waals surface area contributed by atoms with E-state index < -0.39 is 6.04 Å². The summed E-state index contributed by atoms with van der Waals surface area (Å²) < 4.78 is 10.1. The van der Waals surface area contributed by atoms with E-state index in [1.54, 1.807) is 4.90 Å². The lowest BCUT2D eigenvalue weighted by Crippen LogP contribution is -2.54. The molecule has 1 atom stereocenters. The standard InChI is InChI=1S/C22H28N4O4/c1-16-11-19(23-30-16)14-24-7-9-25(10-8-24)15-21(27)26-13-18-6-4-3-5-17(18)12-20(26)22(28)29-2/h3-6,11,20H,7-10,12-15H2,1-2H3. The molecule has 1 saturated heterocycles. The van der Waals surface area contributed by atoms with Gasteiger partial charge >= 0.3 is 5.97 Å². The van der Waals surface area contributed by atoms with Gasteiger partial charge in [0.2, 0.25) is 5.91 Å². The third-order valence-electron chi connectivity index (χ3n) is 5.93. The van der Waals surface area contributed by atoms with E-state index in [0.29, 0.717) is 19.5 Å². The van der Waals surface area contributed by atoms with Gasteiger partial charge in [0.15, 0.2) is 0 Å². The molecule has 0 spiro atoms. The van der Waals surface area contributed by atoms with E-state index >= 15 is 0 Å². The van der Waals surface area contributed by atoms with Gasteiger partial charge in [-0.1, -0.05) is 29.4 Å². The molecule has 1 fully saturated rings. The zero-order chi connectivity index (χ0) is 21.1. The highest BCUT2D eigenvalue weighted by molar-refractivity contribution is 5.86. The van der Waals surface area contributed by atoms with Crippen LogP contribution >= 0.6 is 0 Å². The van der Waals surface area contributed by atoms with Crippen LogP contribution in [-0.2, 0) is 33.8 Å². The number of hydrogen-bond donors (Lipinski definition) is 0. The van der Waals surface area contributed by atoms with Crippen LogP contribution < -0.4 is 0 Å². The summed E-state index contributed by atoms with van der Waals surface area (Å²) in [6.45, 7) is 6.73. The Morgan fingerprint density at radius 3 is 2.50 bits per heavy atom. The number of rotatable bonds is 5. The molecule has 0 saturated carbocycles. The molecule has 3 heterocycles. The Labute approximate surface area is 176 Å². The van der Waals surface area contributed by atoms with Crippen LogP contribution in [0.4, 0.5) is 0 Å².